The first-order valence-corrected chi connectivity index (χ1v) is 4.80. The van der Waals surface area contributed by atoms with Gasteiger partial charge in [0.25, 0.3) is 0 Å². The predicted molar refractivity (Wildman–Crippen MR) is 58.8 cm³/mol. The Morgan fingerprint density at radius 1 is 1.27 bits per heavy atom. The molecule has 0 saturated carbocycles. The Balaban J connectivity index is 0.000000336. The lowest BCUT2D eigenvalue weighted by atomic mass is 10.2. The molecule has 1 rings (SSSR count). The summed E-state index contributed by atoms with van der Waals surface area (Å²) >= 11 is 2.13. The summed E-state index contributed by atoms with van der Waals surface area (Å²) in [5.41, 5.74) is 1.81. The molecule has 0 aromatic heterocycles. The maximum absolute atomic E-state index is 9.75. The zero-order chi connectivity index (χ0) is 12.1. The van der Waals surface area contributed by atoms with E-state index < -0.39 is 7.25 Å². The zero-order valence-electron chi connectivity index (χ0n) is 7.59. The quantitative estimate of drug-likeness (QED) is 0.300. The van der Waals surface area contributed by atoms with Gasteiger partial charge in [0.05, 0.1) is 0 Å². The van der Waals surface area contributed by atoms with Crippen LogP contribution in [0.25, 0.3) is 4.98 Å². The number of hydrogen-bond donors (Lipinski definition) is 0. The molecule has 0 aliphatic heterocycles. The molecule has 0 amide bonds. The van der Waals surface area contributed by atoms with Gasteiger partial charge in [-0.05, 0) is 41.1 Å². The summed E-state index contributed by atoms with van der Waals surface area (Å²) in [6, 6.07) is 5.67. The largest absolute Gasteiger partial charge is 0.673 e. The molecule has 82 valence electrons. The first-order valence-electron chi connectivity index (χ1n) is 3.72. The number of benzene rings is 1. The molecule has 1 aromatic carbocycles. The van der Waals surface area contributed by atoms with Crippen LogP contribution >= 0.6 is 22.6 Å². The Kier molecular flexibility index (Phi) is 5.56. The molecule has 0 unspecified atom stereocenters. The van der Waals surface area contributed by atoms with Gasteiger partial charge in [-0.15, -0.1) is 0 Å². The van der Waals surface area contributed by atoms with Gasteiger partial charge >= 0.3 is 12.9 Å². The molecule has 0 fully saturated rings. The smallest absolute Gasteiger partial charge is 0.418 e. The summed E-state index contributed by atoms with van der Waals surface area (Å²) in [6.45, 7) is 2.00. The van der Waals surface area contributed by atoms with Crippen LogP contribution in [0.5, 0.6) is 0 Å². The summed E-state index contributed by atoms with van der Waals surface area (Å²) < 4.78 is 40.0. The number of aryl methyl sites for hydroxylation is 1. The van der Waals surface area contributed by atoms with Gasteiger partial charge in [-0.3, -0.25) is 0 Å². The SMILES string of the molecule is Cc1ccc([N+]#N)c(I)c1.F[B-](F)(F)F. The maximum Gasteiger partial charge on any atom is 0.673 e. The number of halogens is 5. The van der Waals surface area contributed by atoms with Crippen molar-refractivity contribution in [2.45, 2.75) is 6.92 Å². The van der Waals surface area contributed by atoms with Crippen LogP contribution < -0.4 is 0 Å². The van der Waals surface area contributed by atoms with E-state index in [0.29, 0.717) is 5.69 Å². The number of diazo groups is 1. The van der Waals surface area contributed by atoms with Gasteiger partial charge in [0.1, 0.15) is 3.57 Å². The molecule has 1 aromatic rings. The van der Waals surface area contributed by atoms with Crippen LogP contribution in [-0.2, 0) is 0 Å². The molecule has 0 bridgehead atoms. The fourth-order valence-electron chi connectivity index (χ4n) is 0.693. The molecule has 0 saturated heterocycles. The Bertz CT molecular complexity index is 368. The second-order valence-corrected chi connectivity index (χ2v) is 3.71. The van der Waals surface area contributed by atoms with Gasteiger partial charge in [0.15, 0.2) is 4.98 Å². The van der Waals surface area contributed by atoms with Crippen LogP contribution in [0.3, 0.4) is 0 Å². The predicted octanol–water partition coefficient (Wildman–Crippen LogP) is 4.38. The topological polar surface area (TPSA) is 28.1 Å². The molecule has 0 radical (unpaired) electrons. The first-order chi connectivity index (χ1) is 6.74. The Morgan fingerprint density at radius 2 is 1.73 bits per heavy atom. The summed E-state index contributed by atoms with van der Waals surface area (Å²) in [5.74, 6) is 0. The Morgan fingerprint density at radius 3 is 2.07 bits per heavy atom. The average molecular weight is 332 g/mol. The van der Waals surface area contributed by atoms with Crippen molar-refractivity contribution in [1.29, 1.82) is 5.39 Å². The van der Waals surface area contributed by atoms with Crippen molar-refractivity contribution >= 4 is 35.5 Å². The van der Waals surface area contributed by atoms with Gasteiger partial charge < -0.3 is 17.3 Å². The molecular formula is C7H6BF4IN2. The molecule has 0 spiro atoms. The van der Waals surface area contributed by atoms with E-state index in [4.69, 9.17) is 5.39 Å². The second-order valence-electron chi connectivity index (χ2n) is 2.55. The second kappa shape index (κ2) is 5.90. The first kappa shape index (κ1) is 14.2. The molecule has 15 heavy (non-hydrogen) atoms. The van der Waals surface area contributed by atoms with Gasteiger partial charge in [-0.2, -0.15) is 0 Å². The van der Waals surface area contributed by atoms with Crippen LogP contribution in [0.4, 0.5) is 23.0 Å². The number of nitrogens with zero attached hydrogens (tertiary/aromatic N) is 2. The molecule has 2 nitrogen and oxygen atoms in total. The summed E-state index contributed by atoms with van der Waals surface area (Å²) in [5, 5.41) is 8.43. The molecule has 0 heterocycles. The maximum atomic E-state index is 9.75. The van der Waals surface area contributed by atoms with Crippen LogP contribution in [0.1, 0.15) is 5.56 Å². The number of hydrogen-bond acceptors (Lipinski definition) is 1. The Hall–Kier alpha value is -0.845. The molecule has 0 aliphatic rings. The van der Waals surface area contributed by atoms with E-state index in [0.717, 1.165) is 3.57 Å². The van der Waals surface area contributed by atoms with Crippen LogP contribution in [0.15, 0.2) is 18.2 Å². The lowest BCUT2D eigenvalue weighted by Gasteiger charge is -1.94. The van der Waals surface area contributed by atoms with Crippen molar-refractivity contribution < 1.29 is 17.3 Å². The highest BCUT2D eigenvalue weighted by molar-refractivity contribution is 14.1. The summed E-state index contributed by atoms with van der Waals surface area (Å²) in [4.78, 5) is 3.10. The molecule has 8 heteroatoms. The van der Waals surface area contributed by atoms with Crippen molar-refractivity contribution in [3.8, 4) is 0 Å². The van der Waals surface area contributed by atoms with Crippen LogP contribution in [-0.4, -0.2) is 7.25 Å². The van der Waals surface area contributed by atoms with Crippen molar-refractivity contribution in [2.24, 2.45) is 0 Å². The summed E-state index contributed by atoms with van der Waals surface area (Å²) in [7, 11) is -6.00. The van der Waals surface area contributed by atoms with Gasteiger partial charge in [0.2, 0.25) is 5.39 Å². The highest BCUT2D eigenvalue weighted by Crippen LogP contribution is 2.21. The van der Waals surface area contributed by atoms with E-state index in [1.54, 1.807) is 6.07 Å². The van der Waals surface area contributed by atoms with Gasteiger partial charge in [0, 0.05) is 6.07 Å². The highest BCUT2D eigenvalue weighted by atomic mass is 127. The molecular weight excluding hydrogens is 326 g/mol. The minimum atomic E-state index is -6.00. The monoisotopic (exact) mass is 332 g/mol. The highest BCUT2D eigenvalue weighted by Gasteiger charge is 2.20. The molecule has 0 aliphatic carbocycles. The van der Waals surface area contributed by atoms with Gasteiger partial charge in [-0.25, -0.2) is 0 Å². The van der Waals surface area contributed by atoms with E-state index in [9.17, 15) is 17.3 Å². The fourth-order valence-corrected chi connectivity index (χ4v) is 1.47. The van der Waals surface area contributed by atoms with Crippen LogP contribution in [0.2, 0.25) is 0 Å². The van der Waals surface area contributed by atoms with Crippen molar-refractivity contribution in [3.63, 3.8) is 0 Å². The third-order valence-corrected chi connectivity index (χ3v) is 2.07. The van der Waals surface area contributed by atoms with E-state index in [2.05, 4.69) is 27.6 Å². The van der Waals surface area contributed by atoms with E-state index in [-0.39, 0.29) is 0 Å². The molecule has 0 atom stereocenters. The standard InChI is InChI=1S/C7H6IN2.BF4/c1-5-2-3-7(10-9)6(8)4-5;2-1(3,4)5/h2-4H,1H3;/q+1;-1. The van der Waals surface area contributed by atoms with Crippen molar-refractivity contribution in [3.05, 3.63) is 32.3 Å². The number of rotatable bonds is 0. The minimum Gasteiger partial charge on any atom is -0.418 e. The normalized spacial score (nSPS) is 9.93. The van der Waals surface area contributed by atoms with Gasteiger partial charge in [-0.1, -0.05) is 6.07 Å². The average Bonchev–Trinajstić information content (AvgIpc) is 2.01. The fraction of sp³-hybridized carbons (Fsp3) is 0.143. The van der Waals surface area contributed by atoms with Crippen LogP contribution in [0, 0.1) is 15.9 Å². The third-order valence-electron chi connectivity index (χ3n) is 1.21. The Labute approximate surface area is 97.5 Å². The van der Waals surface area contributed by atoms with E-state index >= 15 is 0 Å². The summed E-state index contributed by atoms with van der Waals surface area (Å²) in [6.07, 6.45) is 0. The third kappa shape index (κ3) is 8.17. The van der Waals surface area contributed by atoms with Crippen molar-refractivity contribution in [1.82, 2.24) is 0 Å². The van der Waals surface area contributed by atoms with Crippen molar-refractivity contribution in [2.75, 3.05) is 0 Å². The lowest BCUT2D eigenvalue weighted by molar-refractivity contribution is 0.368. The lowest BCUT2D eigenvalue weighted by Crippen LogP contribution is -2.02. The van der Waals surface area contributed by atoms with E-state index in [1.165, 1.54) is 5.56 Å². The minimum absolute atomic E-state index is 0.631. The zero-order valence-corrected chi connectivity index (χ0v) is 9.75. The molecule has 0 N–H and O–H groups in total. The van der Waals surface area contributed by atoms with E-state index in [1.807, 2.05) is 19.1 Å².